The summed E-state index contributed by atoms with van der Waals surface area (Å²) in [6.07, 6.45) is 6.74. The van der Waals surface area contributed by atoms with Crippen LogP contribution in [0.25, 0.3) is 0 Å². The molecule has 2 heterocycles. The van der Waals surface area contributed by atoms with E-state index < -0.39 is 0 Å². The van der Waals surface area contributed by atoms with Gasteiger partial charge in [-0.05, 0) is 51.1 Å². The molecular formula is C13H24N2O. The van der Waals surface area contributed by atoms with E-state index in [9.17, 15) is 0 Å². The van der Waals surface area contributed by atoms with Crippen molar-refractivity contribution in [3.8, 4) is 0 Å². The lowest BCUT2D eigenvalue weighted by Crippen LogP contribution is -2.38. The van der Waals surface area contributed by atoms with Gasteiger partial charge in [-0.1, -0.05) is 0 Å². The number of hydrogen-bond acceptors (Lipinski definition) is 3. The Hall–Kier alpha value is -0.120. The second kappa shape index (κ2) is 5.03. The van der Waals surface area contributed by atoms with Crippen molar-refractivity contribution in [1.82, 2.24) is 10.2 Å². The fourth-order valence-electron chi connectivity index (χ4n) is 3.04. The fourth-order valence-corrected chi connectivity index (χ4v) is 3.04. The van der Waals surface area contributed by atoms with Crippen molar-refractivity contribution in [3.63, 3.8) is 0 Å². The van der Waals surface area contributed by atoms with Crippen LogP contribution in [0.2, 0.25) is 0 Å². The number of nitrogens with zero attached hydrogens (tertiary/aromatic N) is 1. The van der Waals surface area contributed by atoms with Crippen LogP contribution in [-0.4, -0.2) is 49.8 Å². The van der Waals surface area contributed by atoms with Gasteiger partial charge in [-0.15, -0.1) is 0 Å². The minimum absolute atomic E-state index is 0.726. The highest BCUT2D eigenvalue weighted by atomic mass is 16.5. The quantitative estimate of drug-likeness (QED) is 0.777. The molecule has 0 spiro atoms. The summed E-state index contributed by atoms with van der Waals surface area (Å²) in [5.74, 6) is 0.906. The highest BCUT2D eigenvalue weighted by Crippen LogP contribution is 2.31. The van der Waals surface area contributed by atoms with Crippen LogP contribution in [-0.2, 0) is 4.74 Å². The zero-order chi connectivity index (χ0) is 10.8. The van der Waals surface area contributed by atoms with Crippen molar-refractivity contribution in [2.45, 2.75) is 44.2 Å². The highest BCUT2D eigenvalue weighted by molar-refractivity contribution is 4.90. The molecule has 0 radical (unpaired) electrons. The van der Waals surface area contributed by atoms with E-state index in [2.05, 4.69) is 10.2 Å². The molecule has 1 atom stereocenters. The molecule has 1 aliphatic carbocycles. The first-order valence-electron chi connectivity index (χ1n) is 6.97. The summed E-state index contributed by atoms with van der Waals surface area (Å²) in [7, 11) is 0. The van der Waals surface area contributed by atoms with Crippen molar-refractivity contribution in [3.05, 3.63) is 0 Å². The lowest BCUT2D eigenvalue weighted by atomic mass is 10.1. The number of ether oxygens (including phenoxy) is 1. The number of nitrogens with one attached hydrogen (secondary N) is 1. The Balaban J connectivity index is 1.35. The molecule has 3 aliphatic rings. The van der Waals surface area contributed by atoms with Gasteiger partial charge >= 0.3 is 0 Å². The van der Waals surface area contributed by atoms with Crippen molar-refractivity contribution >= 4 is 0 Å². The minimum atomic E-state index is 0.726. The summed E-state index contributed by atoms with van der Waals surface area (Å²) >= 11 is 0. The molecule has 92 valence electrons. The lowest BCUT2D eigenvalue weighted by Gasteiger charge is -2.24. The number of hydrogen-bond donors (Lipinski definition) is 1. The normalized spacial score (nSPS) is 33.4. The summed E-state index contributed by atoms with van der Waals surface area (Å²) < 4.78 is 5.38. The molecule has 16 heavy (non-hydrogen) atoms. The zero-order valence-corrected chi connectivity index (χ0v) is 10.2. The minimum Gasteiger partial charge on any atom is -0.381 e. The predicted octanol–water partition coefficient (Wildman–Crippen LogP) is 1.24. The molecule has 0 aromatic carbocycles. The van der Waals surface area contributed by atoms with Crippen molar-refractivity contribution in [2.24, 2.45) is 5.92 Å². The Morgan fingerprint density at radius 2 is 1.88 bits per heavy atom. The molecule has 3 fully saturated rings. The van der Waals surface area contributed by atoms with Crippen LogP contribution in [0.4, 0.5) is 0 Å². The van der Waals surface area contributed by atoms with Crippen LogP contribution in [0, 0.1) is 5.92 Å². The van der Waals surface area contributed by atoms with Crippen LogP contribution in [0.15, 0.2) is 0 Å². The number of likely N-dealkylation sites (tertiary alicyclic amines) is 1. The molecule has 1 N–H and O–H groups in total. The van der Waals surface area contributed by atoms with E-state index in [4.69, 9.17) is 4.74 Å². The molecule has 1 unspecified atom stereocenters. The van der Waals surface area contributed by atoms with Gasteiger partial charge in [-0.3, -0.25) is 0 Å². The van der Waals surface area contributed by atoms with Gasteiger partial charge in [0, 0.05) is 31.8 Å². The molecule has 2 saturated heterocycles. The third-order valence-electron chi connectivity index (χ3n) is 4.30. The highest BCUT2D eigenvalue weighted by Gasteiger charge is 2.34. The largest absolute Gasteiger partial charge is 0.381 e. The van der Waals surface area contributed by atoms with E-state index in [0.717, 1.165) is 31.2 Å². The summed E-state index contributed by atoms with van der Waals surface area (Å²) in [6.45, 7) is 5.84. The van der Waals surface area contributed by atoms with Crippen molar-refractivity contribution in [1.29, 1.82) is 0 Å². The first-order chi connectivity index (χ1) is 7.92. The Morgan fingerprint density at radius 1 is 1.06 bits per heavy atom. The molecule has 1 saturated carbocycles. The van der Waals surface area contributed by atoms with Gasteiger partial charge in [0.2, 0.25) is 0 Å². The Morgan fingerprint density at radius 3 is 2.62 bits per heavy atom. The van der Waals surface area contributed by atoms with E-state index in [1.54, 1.807) is 0 Å². The third kappa shape index (κ3) is 2.76. The monoisotopic (exact) mass is 224 g/mol. The molecule has 3 rings (SSSR count). The Kier molecular flexibility index (Phi) is 3.46. The van der Waals surface area contributed by atoms with E-state index in [0.29, 0.717) is 0 Å². The van der Waals surface area contributed by atoms with Gasteiger partial charge in [-0.2, -0.15) is 0 Å². The van der Waals surface area contributed by atoms with Gasteiger partial charge in [0.15, 0.2) is 0 Å². The smallest absolute Gasteiger partial charge is 0.0480 e. The van der Waals surface area contributed by atoms with Crippen LogP contribution in [0.5, 0.6) is 0 Å². The standard InChI is InChI=1S/C13H24N2O/c1-2-13(1)15-6-3-11(10-15)9-14-12-4-7-16-8-5-12/h11-14H,1-10H2. The van der Waals surface area contributed by atoms with Gasteiger partial charge in [0.25, 0.3) is 0 Å². The van der Waals surface area contributed by atoms with Gasteiger partial charge in [-0.25, -0.2) is 0 Å². The molecule has 0 amide bonds. The van der Waals surface area contributed by atoms with Crippen molar-refractivity contribution in [2.75, 3.05) is 32.8 Å². The maximum atomic E-state index is 5.38. The summed E-state index contributed by atoms with van der Waals surface area (Å²) in [4.78, 5) is 2.70. The summed E-state index contributed by atoms with van der Waals surface area (Å²) in [5, 5.41) is 3.74. The Labute approximate surface area is 98.5 Å². The molecule has 0 bridgehead atoms. The molecule has 0 aromatic rings. The van der Waals surface area contributed by atoms with E-state index in [1.807, 2.05) is 0 Å². The SMILES string of the molecule is C1CC(NCC2CCN(C3CC3)C2)CCO1. The van der Waals surface area contributed by atoms with E-state index >= 15 is 0 Å². The second-order valence-corrected chi connectivity index (χ2v) is 5.68. The predicted molar refractivity (Wildman–Crippen MR) is 64.5 cm³/mol. The maximum Gasteiger partial charge on any atom is 0.0480 e. The van der Waals surface area contributed by atoms with Gasteiger partial charge < -0.3 is 15.0 Å². The topological polar surface area (TPSA) is 24.5 Å². The number of rotatable bonds is 4. The molecular weight excluding hydrogens is 200 g/mol. The Bertz CT molecular complexity index is 224. The second-order valence-electron chi connectivity index (χ2n) is 5.68. The van der Waals surface area contributed by atoms with Gasteiger partial charge in [0.1, 0.15) is 0 Å². The van der Waals surface area contributed by atoms with Gasteiger partial charge in [0.05, 0.1) is 0 Å². The average Bonchev–Trinajstić information content (AvgIpc) is 3.08. The molecule has 0 aromatic heterocycles. The van der Waals surface area contributed by atoms with Crippen LogP contribution in [0.1, 0.15) is 32.1 Å². The molecule has 3 nitrogen and oxygen atoms in total. The molecule has 3 heteroatoms. The maximum absolute atomic E-state index is 5.38. The summed E-state index contributed by atoms with van der Waals surface area (Å²) in [5.41, 5.74) is 0. The van der Waals surface area contributed by atoms with Crippen LogP contribution < -0.4 is 5.32 Å². The van der Waals surface area contributed by atoms with Crippen molar-refractivity contribution < 1.29 is 4.74 Å². The fraction of sp³-hybridized carbons (Fsp3) is 1.00. The zero-order valence-electron chi connectivity index (χ0n) is 10.2. The third-order valence-corrected chi connectivity index (χ3v) is 4.30. The summed E-state index contributed by atoms with van der Waals surface area (Å²) in [6, 6.07) is 1.69. The van der Waals surface area contributed by atoms with E-state index in [-0.39, 0.29) is 0 Å². The van der Waals surface area contributed by atoms with E-state index in [1.165, 1.54) is 51.7 Å². The lowest BCUT2D eigenvalue weighted by molar-refractivity contribution is 0.0770. The first-order valence-corrected chi connectivity index (χ1v) is 6.97. The molecule has 2 aliphatic heterocycles. The average molecular weight is 224 g/mol. The van der Waals surface area contributed by atoms with Crippen LogP contribution in [0.3, 0.4) is 0 Å². The first kappa shape index (κ1) is 11.0. The van der Waals surface area contributed by atoms with Crippen LogP contribution >= 0.6 is 0 Å².